The van der Waals surface area contributed by atoms with Gasteiger partial charge in [0.05, 0.1) is 19.3 Å². The van der Waals surface area contributed by atoms with Crippen molar-refractivity contribution in [2.75, 3.05) is 13.2 Å². The van der Waals surface area contributed by atoms with Gasteiger partial charge in [0.25, 0.3) is 0 Å². The van der Waals surface area contributed by atoms with Gasteiger partial charge in [-0.15, -0.1) is 0 Å². The molecule has 1 aromatic rings. The summed E-state index contributed by atoms with van der Waals surface area (Å²) < 4.78 is 10.8. The molecule has 0 amide bonds. The Balaban J connectivity index is 1.88. The van der Waals surface area contributed by atoms with Crippen molar-refractivity contribution in [3.05, 3.63) is 35.9 Å². The van der Waals surface area contributed by atoms with Crippen molar-refractivity contribution in [3.63, 3.8) is 0 Å². The quantitative estimate of drug-likeness (QED) is 0.833. The van der Waals surface area contributed by atoms with Gasteiger partial charge in [-0.05, 0) is 12.0 Å². The molecule has 2 rings (SSSR count). The molecule has 0 aliphatic carbocycles. The van der Waals surface area contributed by atoms with Crippen molar-refractivity contribution in [1.29, 1.82) is 0 Å². The van der Waals surface area contributed by atoms with Crippen molar-refractivity contribution in [2.24, 2.45) is 5.92 Å². The number of hydrogen-bond donors (Lipinski definition) is 2. The van der Waals surface area contributed by atoms with E-state index in [1.807, 2.05) is 25.1 Å². The van der Waals surface area contributed by atoms with Gasteiger partial charge in [0.15, 0.2) is 6.29 Å². The van der Waals surface area contributed by atoms with Crippen LogP contribution in [0.15, 0.2) is 30.3 Å². The fraction of sp³-hybridized carbons (Fsp3) is 0.571. The largest absolute Gasteiger partial charge is 0.390 e. The number of rotatable bonds is 5. The van der Waals surface area contributed by atoms with Crippen LogP contribution >= 0.6 is 0 Å². The Morgan fingerprint density at radius 1 is 1.17 bits per heavy atom. The number of benzene rings is 1. The van der Waals surface area contributed by atoms with E-state index in [1.165, 1.54) is 0 Å². The van der Waals surface area contributed by atoms with Crippen LogP contribution in [0.2, 0.25) is 0 Å². The van der Waals surface area contributed by atoms with Gasteiger partial charge in [0.1, 0.15) is 6.10 Å². The van der Waals surface area contributed by atoms with Crippen molar-refractivity contribution >= 4 is 0 Å². The molecule has 1 aliphatic rings. The summed E-state index contributed by atoms with van der Waals surface area (Å²) in [5.74, 6) is 0.0564. The van der Waals surface area contributed by atoms with Crippen LogP contribution in [-0.4, -0.2) is 35.8 Å². The van der Waals surface area contributed by atoms with Gasteiger partial charge in [-0.1, -0.05) is 37.3 Å². The van der Waals surface area contributed by atoms with Crippen molar-refractivity contribution < 1.29 is 19.7 Å². The van der Waals surface area contributed by atoms with E-state index in [9.17, 15) is 10.2 Å². The summed E-state index contributed by atoms with van der Waals surface area (Å²) in [7, 11) is 0. The molecule has 4 heteroatoms. The van der Waals surface area contributed by atoms with Gasteiger partial charge >= 0.3 is 0 Å². The van der Waals surface area contributed by atoms with E-state index in [2.05, 4.69) is 0 Å². The molecular weight excluding hydrogens is 232 g/mol. The third-order valence-electron chi connectivity index (χ3n) is 3.23. The number of ether oxygens (including phenoxy) is 2. The van der Waals surface area contributed by atoms with Crippen molar-refractivity contribution in [1.82, 2.24) is 0 Å². The molecule has 0 spiro atoms. The standard InChI is InChI=1S/C14H20O4/c1-10(14-17-7-8-18-14)9-12(15)13(16)11-5-3-2-4-6-11/h2-6,10,12-16H,7-9H2,1H3/t10?,12-,13-/m0/s1. The van der Waals surface area contributed by atoms with E-state index in [4.69, 9.17) is 9.47 Å². The van der Waals surface area contributed by atoms with Gasteiger partial charge in [-0.25, -0.2) is 0 Å². The second kappa shape index (κ2) is 6.29. The first-order chi connectivity index (χ1) is 8.68. The predicted octanol–water partition coefficient (Wildman–Crippen LogP) is 1.48. The first kappa shape index (κ1) is 13.5. The summed E-state index contributed by atoms with van der Waals surface area (Å²) in [6, 6.07) is 9.18. The molecule has 1 aromatic carbocycles. The molecule has 1 unspecified atom stereocenters. The maximum Gasteiger partial charge on any atom is 0.160 e. The summed E-state index contributed by atoms with van der Waals surface area (Å²) in [6.07, 6.45) is -1.49. The van der Waals surface area contributed by atoms with E-state index < -0.39 is 12.2 Å². The minimum absolute atomic E-state index is 0.0564. The van der Waals surface area contributed by atoms with E-state index in [-0.39, 0.29) is 12.2 Å². The Morgan fingerprint density at radius 3 is 2.39 bits per heavy atom. The van der Waals surface area contributed by atoms with Crippen LogP contribution in [0.25, 0.3) is 0 Å². The van der Waals surface area contributed by atoms with Gasteiger partial charge in [0.2, 0.25) is 0 Å². The van der Waals surface area contributed by atoms with Crippen LogP contribution in [0.5, 0.6) is 0 Å². The highest BCUT2D eigenvalue weighted by molar-refractivity contribution is 5.18. The van der Waals surface area contributed by atoms with Crippen LogP contribution in [0, 0.1) is 5.92 Å². The molecule has 0 aromatic heterocycles. The monoisotopic (exact) mass is 252 g/mol. The second-order valence-corrected chi connectivity index (χ2v) is 4.75. The molecule has 18 heavy (non-hydrogen) atoms. The first-order valence-corrected chi connectivity index (χ1v) is 6.33. The molecule has 2 N–H and O–H groups in total. The summed E-state index contributed by atoms with van der Waals surface area (Å²) in [6.45, 7) is 3.16. The first-order valence-electron chi connectivity index (χ1n) is 6.33. The summed E-state index contributed by atoms with van der Waals surface area (Å²) in [5, 5.41) is 20.1. The average Bonchev–Trinajstić information content (AvgIpc) is 2.92. The third kappa shape index (κ3) is 3.29. The molecule has 3 atom stereocenters. The van der Waals surface area contributed by atoms with Crippen molar-refractivity contribution in [2.45, 2.75) is 31.8 Å². The van der Waals surface area contributed by atoms with Gasteiger partial charge < -0.3 is 19.7 Å². The van der Waals surface area contributed by atoms with Crippen LogP contribution in [-0.2, 0) is 9.47 Å². The fourth-order valence-electron chi connectivity index (χ4n) is 2.20. The summed E-state index contributed by atoms with van der Waals surface area (Å²) in [5.41, 5.74) is 0.727. The molecule has 4 nitrogen and oxygen atoms in total. The number of aliphatic hydroxyl groups excluding tert-OH is 2. The Labute approximate surface area is 107 Å². The van der Waals surface area contributed by atoms with Crippen LogP contribution in [0.1, 0.15) is 25.0 Å². The number of aliphatic hydroxyl groups is 2. The van der Waals surface area contributed by atoms with E-state index >= 15 is 0 Å². The maximum absolute atomic E-state index is 10.0. The molecule has 1 heterocycles. The van der Waals surface area contributed by atoms with E-state index in [0.717, 1.165) is 5.56 Å². The fourth-order valence-corrected chi connectivity index (χ4v) is 2.20. The van der Waals surface area contributed by atoms with E-state index in [0.29, 0.717) is 19.6 Å². The zero-order valence-electron chi connectivity index (χ0n) is 10.5. The smallest absolute Gasteiger partial charge is 0.160 e. The zero-order valence-corrected chi connectivity index (χ0v) is 10.5. The Bertz CT molecular complexity index is 348. The molecule has 0 saturated carbocycles. The molecule has 0 bridgehead atoms. The second-order valence-electron chi connectivity index (χ2n) is 4.75. The third-order valence-corrected chi connectivity index (χ3v) is 3.23. The lowest BCUT2D eigenvalue weighted by atomic mass is 9.95. The van der Waals surface area contributed by atoms with Crippen LogP contribution in [0.4, 0.5) is 0 Å². The van der Waals surface area contributed by atoms with Crippen molar-refractivity contribution in [3.8, 4) is 0 Å². The minimum Gasteiger partial charge on any atom is -0.390 e. The van der Waals surface area contributed by atoms with Crippen LogP contribution in [0.3, 0.4) is 0 Å². The Morgan fingerprint density at radius 2 is 1.78 bits per heavy atom. The summed E-state index contributed by atoms with van der Waals surface area (Å²) in [4.78, 5) is 0. The van der Waals surface area contributed by atoms with Gasteiger partial charge in [-0.3, -0.25) is 0 Å². The molecule has 1 saturated heterocycles. The molecular formula is C14H20O4. The number of hydrogen-bond acceptors (Lipinski definition) is 4. The topological polar surface area (TPSA) is 58.9 Å². The lowest BCUT2D eigenvalue weighted by Crippen LogP contribution is -2.27. The normalized spacial score (nSPS) is 21.7. The molecule has 100 valence electrons. The SMILES string of the molecule is CC(C[C@H](O)[C@@H](O)c1ccccc1)C1OCCO1. The Kier molecular flexibility index (Phi) is 4.72. The maximum atomic E-state index is 10.0. The summed E-state index contributed by atoms with van der Waals surface area (Å²) >= 11 is 0. The molecule has 0 radical (unpaired) electrons. The highest BCUT2D eigenvalue weighted by atomic mass is 16.7. The van der Waals surface area contributed by atoms with Gasteiger partial charge in [-0.2, -0.15) is 0 Å². The minimum atomic E-state index is -0.866. The highest BCUT2D eigenvalue weighted by Gasteiger charge is 2.28. The molecule has 1 aliphatic heterocycles. The average molecular weight is 252 g/mol. The lowest BCUT2D eigenvalue weighted by molar-refractivity contribution is -0.0972. The molecule has 1 fully saturated rings. The zero-order chi connectivity index (χ0) is 13.0. The lowest BCUT2D eigenvalue weighted by Gasteiger charge is -2.24. The Hall–Kier alpha value is -0.940. The van der Waals surface area contributed by atoms with Gasteiger partial charge in [0, 0.05) is 5.92 Å². The highest BCUT2D eigenvalue weighted by Crippen LogP contribution is 2.25. The van der Waals surface area contributed by atoms with Crippen LogP contribution < -0.4 is 0 Å². The van der Waals surface area contributed by atoms with E-state index in [1.54, 1.807) is 12.1 Å². The predicted molar refractivity (Wildman–Crippen MR) is 66.9 cm³/mol.